The summed E-state index contributed by atoms with van der Waals surface area (Å²) in [6.45, 7) is 1.32. The number of fused-ring (bicyclic) bond motifs is 1. The molecule has 0 saturated heterocycles. The summed E-state index contributed by atoms with van der Waals surface area (Å²) in [5.74, 6) is -0.0443. The van der Waals surface area contributed by atoms with Crippen LogP contribution in [0.4, 0.5) is 5.82 Å². The van der Waals surface area contributed by atoms with Crippen molar-refractivity contribution >= 4 is 17.4 Å². The molecule has 2 aromatic heterocycles. The zero-order valence-corrected chi connectivity index (χ0v) is 14.4. The summed E-state index contributed by atoms with van der Waals surface area (Å²) in [6.07, 6.45) is 3.48. The number of methoxy groups -OCH3 is 1. The van der Waals surface area contributed by atoms with E-state index in [0.717, 1.165) is 11.1 Å². The number of benzene rings is 1. The van der Waals surface area contributed by atoms with E-state index in [2.05, 4.69) is 10.1 Å². The SMILES string of the molecule is COCCN(CCC(=O)O)c1ccn2ncc(-c3cccc(O)c3)c2n1. The first kappa shape index (κ1) is 17.7. The van der Waals surface area contributed by atoms with Crippen molar-refractivity contribution in [3.63, 3.8) is 0 Å². The van der Waals surface area contributed by atoms with E-state index in [4.69, 9.17) is 9.84 Å². The highest BCUT2D eigenvalue weighted by atomic mass is 16.5. The van der Waals surface area contributed by atoms with Gasteiger partial charge < -0.3 is 19.8 Å². The number of hydrogen-bond acceptors (Lipinski definition) is 6. The van der Waals surface area contributed by atoms with Gasteiger partial charge in [-0.3, -0.25) is 4.79 Å². The summed E-state index contributed by atoms with van der Waals surface area (Å²) in [5, 5.41) is 23.0. The van der Waals surface area contributed by atoms with Gasteiger partial charge in [-0.25, -0.2) is 9.50 Å². The first-order chi connectivity index (χ1) is 12.6. The van der Waals surface area contributed by atoms with Crippen LogP contribution in [-0.2, 0) is 9.53 Å². The van der Waals surface area contributed by atoms with Gasteiger partial charge in [-0.2, -0.15) is 5.10 Å². The molecule has 0 amide bonds. The molecule has 0 saturated carbocycles. The Morgan fingerprint density at radius 3 is 2.88 bits per heavy atom. The van der Waals surface area contributed by atoms with Gasteiger partial charge in [0.05, 0.1) is 19.2 Å². The lowest BCUT2D eigenvalue weighted by Gasteiger charge is -2.22. The minimum absolute atomic E-state index is 0.00918. The van der Waals surface area contributed by atoms with Crippen molar-refractivity contribution in [1.82, 2.24) is 14.6 Å². The van der Waals surface area contributed by atoms with Gasteiger partial charge in [0.2, 0.25) is 0 Å². The third kappa shape index (κ3) is 3.92. The maximum Gasteiger partial charge on any atom is 0.305 e. The standard InChI is InChI=1S/C18H20N4O4/c1-26-10-9-21(7-6-17(24)25)16-5-8-22-18(20-16)15(12-19-22)13-3-2-4-14(23)11-13/h2-5,8,11-12,23H,6-7,9-10H2,1H3,(H,24,25). The monoisotopic (exact) mass is 356 g/mol. The minimum atomic E-state index is -0.863. The molecule has 0 atom stereocenters. The smallest absolute Gasteiger partial charge is 0.305 e. The quantitative estimate of drug-likeness (QED) is 0.637. The van der Waals surface area contributed by atoms with E-state index in [1.165, 1.54) is 0 Å². The Morgan fingerprint density at radius 2 is 2.15 bits per heavy atom. The predicted octanol–water partition coefficient (Wildman–Crippen LogP) is 2.03. The van der Waals surface area contributed by atoms with E-state index in [-0.39, 0.29) is 12.2 Å². The van der Waals surface area contributed by atoms with Crippen LogP contribution in [0.5, 0.6) is 5.75 Å². The summed E-state index contributed by atoms with van der Waals surface area (Å²) in [6, 6.07) is 8.68. The van der Waals surface area contributed by atoms with Crippen LogP contribution < -0.4 is 4.90 Å². The number of anilines is 1. The predicted molar refractivity (Wildman–Crippen MR) is 96.4 cm³/mol. The maximum absolute atomic E-state index is 10.9. The summed E-state index contributed by atoms with van der Waals surface area (Å²) < 4.78 is 6.76. The highest BCUT2D eigenvalue weighted by Gasteiger charge is 2.14. The molecule has 0 spiro atoms. The molecule has 26 heavy (non-hydrogen) atoms. The fourth-order valence-corrected chi connectivity index (χ4v) is 2.69. The molecular formula is C18H20N4O4. The number of rotatable bonds is 8. The van der Waals surface area contributed by atoms with Gasteiger partial charge in [-0.1, -0.05) is 12.1 Å². The second-order valence-corrected chi connectivity index (χ2v) is 5.79. The second-order valence-electron chi connectivity index (χ2n) is 5.79. The van der Waals surface area contributed by atoms with Crippen molar-refractivity contribution in [2.24, 2.45) is 0 Å². The largest absolute Gasteiger partial charge is 0.508 e. The van der Waals surface area contributed by atoms with Gasteiger partial charge in [0.1, 0.15) is 11.6 Å². The van der Waals surface area contributed by atoms with Crippen LogP contribution in [0.25, 0.3) is 16.8 Å². The average Bonchev–Trinajstić information content (AvgIpc) is 3.05. The molecule has 2 N–H and O–H groups in total. The first-order valence-corrected chi connectivity index (χ1v) is 8.18. The number of carboxylic acids is 1. The number of aromatic nitrogens is 3. The van der Waals surface area contributed by atoms with Gasteiger partial charge in [0.25, 0.3) is 0 Å². The van der Waals surface area contributed by atoms with Crippen molar-refractivity contribution < 1.29 is 19.7 Å². The molecule has 3 aromatic rings. The third-order valence-corrected chi connectivity index (χ3v) is 4.00. The molecule has 8 heteroatoms. The fourth-order valence-electron chi connectivity index (χ4n) is 2.69. The Morgan fingerprint density at radius 1 is 1.31 bits per heavy atom. The molecule has 0 unspecified atom stereocenters. The number of nitrogens with zero attached hydrogens (tertiary/aromatic N) is 4. The lowest BCUT2D eigenvalue weighted by Crippen LogP contribution is -2.30. The van der Waals surface area contributed by atoms with Crippen molar-refractivity contribution in [2.45, 2.75) is 6.42 Å². The molecule has 0 aliphatic carbocycles. The highest BCUT2D eigenvalue weighted by molar-refractivity contribution is 5.78. The number of carbonyl (C=O) groups is 1. The number of phenolic OH excluding ortho intramolecular Hbond substituents is 1. The first-order valence-electron chi connectivity index (χ1n) is 8.18. The van der Waals surface area contributed by atoms with Gasteiger partial charge in [0, 0.05) is 32.0 Å². The molecule has 8 nitrogen and oxygen atoms in total. The zero-order chi connectivity index (χ0) is 18.5. The number of phenols is 1. The van der Waals surface area contributed by atoms with E-state index in [1.807, 2.05) is 11.0 Å². The Balaban J connectivity index is 1.97. The molecule has 2 heterocycles. The molecular weight excluding hydrogens is 336 g/mol. The topological polar surface area (TPSA) is 100 Å². The van der Waals surface area contributed by atoms with E-state index >= 15 is 0 Å². The Labute approximate surface area is 150 Å². The minimum Gasteiger partial charge on any atom is -0.508 e. The summed E-state index contributed by atoms with van der Waals surface area (Å²) in [5.41, 5.74) is 2.22. The average molecular weight is 356 g/mol. The van der Waals surface area contributed by atoms with Crippen LogP contribution in [0.1, 0.15) is 6.42 Å². The van der Waals surface area contributed by atoms with E-state index in [0.29, 0.717) is 31.2 Å². The summed E-state index contributed by atoms with van der Waals surface area (Å²) >= 11 is 0. The molecule has 0 fully saturated rings. The van der Waals surface area contributed by atoms with Crippen LogP contribution in [0.15, 0.2) is 42.7 Å². The second kappa shape index (κ2) is 7.83. The van der Waals surface area contributed by atoms with E-state index in [1.54, 1.807) is 48.3 Å². The Bertz CT molecular complexity index is 909. The number of carboxylic acid groups (broad SMARTS) is 1. The van der Waals surface area contributed by atoms with Crippen LogP contribution in [0, 0.1) is 0 Å². The Kier molecular flexibility index (Phi) is 5.33. The van der Waals surface area contributed by atoms with Crippen molar-refractivity contribution in [3.8, 4) is 16.9 Å². The summed E-state index contributed by atoms with van der Waals surface area (Å²) in [4.78, 5) is 17.5. The molecule has 0 bridgehead atoms. The number of aromatic hydroxyl groups is 1. The van der Waals surface area contributed by atoms with Crippen LogP contribution in [0.3, 0.4) is 0 Å². The number of aliphatic carboxylic acids is 1. The normalized spacial score (nSPS) is 11.0. The lowest BCUT2D eigenvalue weighted by molar-refractivity contribution is -0.136. The molecule has 136 valence electrons. The van der Waals surface area contributed by atoms with E-state index < -0.39 is 5.97 Å². The molecule has 0 aliphatic rings. The van der Waals surface area contributed by atoms with Gasteiger partial charge in [-0.15, -0.1) is 0 Å². The lowest BCUT2D eigenvalue weighted by atomic mass is 10.1. The van der Waals surface area contributed by atoms with Gasteiger partial charge >= 0.3 is 5.97 Å². The maximum atomic E-state index is 10.9. The highest BCUT2D eigenvalue weighted by Crippen LogP contribution is 2.27. The van der Waals surface area contributed by atoms with Gasteiger partial charge in [0.15, 0.2) is 5.65 Å². The van der Waals surface area contributed by atoms with E-state index in [9.17, 15) is 9.90 Å². The van der Waals surface area contributed by atoms with Crippen LogP contribution in [0.2, 0.25) is 0 Å². The number of hydrogen-bond donors (Lipinski definition) is 2. The summed E-state index contributed by atoms with van der Waals surface area (Å²) in [7, 11) is 1.60. The molecule has 0 aliphatic heterocycles. The molecule has 1 aromatic carbocycles. The van der Waals surface area contributed by atoms with Gasteiger partial charge in [-0.05, 0) is 23.8 Å². The Hall–Kier alpha value is -3.13. The van der Waals surface area contributed by atoms with Crippen molar-refractivity contribution in [1.29, 1.82) is 0 Å². The zero-order valence-electron chi connectivity index (χ0n) is 14.4. The molecule has 0 radical (unpaired) electrons. The van der Waals surface area contributed by atoms with Crippen molar-refractivity contribution in [3.05, 3.63) is 42.7 Å². The number of ether oxygens (including phenoxy) is 1. The van der Waals surface area contributed by atoms with Crippen molar-refractivity contribution in [2.75, 3.05) is 31.7 Å². The van der Waals surface area contributed by atoms with Crippen LogP contribution in [-0.4, -0.2) is 57.6 Å². The van der Waals surface area contributed by atoms with Crippen LogP contribution >= 0.6 is 0 Å². The fraction of sp³-hybridized carbons (Fsp3) is 0.278. The molecule has 3 rings (SSSR count). The third-order valence-electron chi connectivity index (χ3n) is 4.00.